The van der Waals surface area contributed by atoms with Gasteiger partial charge in [-0.3, -0.25) is 0 Å². The Morgan fingerprint density at radius 3 is 3.04 bits per heavy atom. The topological polar surface area (TPSA) is 50.3 Å². The summed E-state index contributed by atoms with van der Waals surface area (Å²) in [6, 6.07) is 7.91. The summed E-state index contributed by atoms with van der Waals surface area (Å²) in [4.78, 5) is 10.9. The molecule has 0 saturated carbocycles. The van der Waals surface area contributed by atoms with Gasteiger partial charge in [0.25, 0.3) is 0 Å². The molecule has 122 valence electrons. The van der Waals surface area contributed by atoms with E-state index >= 15 is 0 Å². The first-order valence-electron chi connectivity index (χ1n) is 7.50. The number of ether oxygens (including phenoxy) is 1. The molecule has 0 aliphatic carbocycles. The zero-order valence-corrected chi connectivity index (χ0v) is 14.3. The second-order valence-electron chi connectivity index (χ2n) is 5.47. The zero-order valence-electron chi connectivity index (χ0n) is 12.8. The van der Waals surface area contributed by atoms with Crippen LogP contribution in [0.15, 0.2) is 30.5 Å². The van der Waals surface area contributed by atoms with Crippen molar-refractivity contribution in [1.82, 2.24) is 15.3 Å². The van der Waals surface area contributed by atoms with Crippen LogP contribution in [-0.2, 0) is 6.61 Å². The minimum Gasteiger partial charge on any atom is -0.458 e. The molecule has 3 rings (SSSR count). The lowest BCUT2D eigenvalue weighted by Gasteiger charge is -2.34. The highest BCUT2D eigenvalue weighted by molar-refractivity contribution is 6.33. The maximum absolute atomic E-state index is 6.14. The third kappa shape index (κ3) is 4.05. The van der Waals surface area contributed by atoms with Crippen molar-refractivity contribution in [3.8, 4) is 6.01 Å². The summed E-state index contributed by atoms with van der Waals surface area (Å²) in [5.41, 5.74) is 0.809. The van der Waals surface area contributed by atoms with E-state index in [4.69, 9.17) is 27.9 Å². The number of benzene rings is 1. The lowest BCUT2D eigenvalue weighted by molar-refractivity contribution is 0.280. The standard InChI is InChI=1S/C16H18Cl2N4O/c1-11-9-19-6-7-22(11)15-4-5-20-16(21-15)23-10-12-8-13(17)2-3-14(12)18/h2-5,8,11,19H,6-7,9-10H2,1H3/t11-/m0/s1. The van der Waals surface area contributed by atoms with Crippen molar-refractivity contribution in [1.29, 1.82) is 0 Å². The summed E-state index contributed by atoms with van der Waals surface area (Å²) in [6.07, 6.45) is 1.71. The smallest absolute Gasteiger partial charge is 0.318 e. The number of aromatic nitrogens is 2. The summed E-state index contributed by atoms with van der Waals surface area (Å²) in [5, 5.41) is 4.60. The molecule has 23 heavy (non-hydrogen) atoms. The van der Waals surface area contributed by atoms with Gasteiger partial charge in [-0.15, -0.1) is 0 Å². The quantitative estimate of drug-likeness (QED) is 0.915. The Morgan fingerprint density at radius 2 is 2.22 bits per heavy atom. The highest BCUT2D eigenvalue weighted by Gasteiger charge is 2.19. The fourth-order valence-corrected chi connectivity index (χ4v) is 2.91. The first kappa shape index (κ1) is 16.3. The van der Waals surface area contributed by atoms with Crippen molar-refractivity contribution in [3.05, 3.63) is 46.1 Å². The Morgan fingerprint density at radius 1 is 1.35 bits per heavy atom. The van der Waals surface area contributed by atoms with Crippen molar-refractivity contribution in [2.75, 3.05) is 24.5 Å². The monoisotopic (exact) mass is 352 g/mol. The van der Waals surface area contributed by atoms with Gasteiger partial charge in [0.05, 0.1) is 0 Å². The van der Waals surface area contributed by atoms with Crippen LogP contribution in [0.1, 0.15) is 12.5 Å². The van der Waals surface area contributed by atoms with Crippen LogP contribution in [0.5, 0.6) is 6.01 Å². The Hall–Kier alpha value is -1.56. The normalized spacial score (nSPS) is 18.0. The summed E-state index contributed by atoms with van der Waals surface area (Å²) in [6.45, 7) is 5.25. The molecular weight excluding hydrogens is 335 g/mol. The lowest BCUT2D eigenvalue weighted by Crippen LogP contribution is -2.50. The van der Waals surface area contributed by atoms with E-state index in [1.807, 2.05) is 6.07 Å². The predicted molar refractivity (Wildman–Crippen MR) is 92.5 cm³/mol. The highest BCUT2D eigenvalue weighted by atomic mass is 35.5. The maximum atomic E-state index is 6.14. The first-order chi connectivity index (χ1) is 11.1. The van der Waals surface area contributed by atoms with Crippen molar-refractivity contribution in [2.45, 2.75) is 19.6 Å². The minimum atomic E-state index is 0.278. The van der Waals surface area contributed by atoms with Crippen LogP contribution in [0, 0.1) is 0 Å². The fraction of sp³-hybridized carbons (Fsp3) is 0.375. The molecule has 0 unspecified atom stereocenters. The van der Waals surface area contributed by atoms with Crippen molar-refractivity contribution in [3.63, 3.8) is 0 Å². The number of anilines is 1. The van der Waals surface area contributed by atoms with Gasteiger partial charge in [-0.05, 0) is 31.2 Å². The molecule has 0 amide bonds. The number of nitrogens with one attached hydrogen (secondary N) is 1. The van der Waals surface area contributed by atoms with Crippen LogP contribution >= 0.6 is 23.2 Å². The van der Waals surface area contributed by atoms with Gasteiger partial charge < -0.3 is 15.0 Å². The van der Waals surface area contributed by atoms with Crippen LogP contribution in [0.4, 0.5) is 5.82 Å². The van der Waals surface area contributed by atoms with Crippen molar-refractivity contribution < 1.29 is 4.74 Å². The average Bonchev–Trinajstić information content (AvgIpc) is 2.56. The number of piperazine rings is 1. The Labute approximate surface area is 145 Å². The van der Waals surface area contributed by atoms with E-state index in [9.17, 15) is 0 Å². The molecule has 1 aromatic carbocycles. The Balaban J connectivity index is 1.71. The molecule has 7 heteroatoms. The summed E-state index contributed by atoms with van der Waals surface area (Å²) < 4.78 is 5.69. The van der Waals surface area contributed by atoms with Gasteiger partial charge in [0.15, 0.2) is 0 Å². The maximum Gasteiger partial charge on any atom is 0.318 e. The summed E-state index contributed by atoms with van der Waals surface area (Å²) in [5.74, 6) is 0.876. The van der Waals surface area contributed by atoms with Crippen molar-refractivity contribution >= 4 is 29.0 Å². The molecule has 2 heterocycles. The first-order valence-corrected chi connectivity index (χ1v) is 8.26. The second kappa shape index (κ2) is 7.34. The molecule has 1 atom stereocenters. The molecule has 1 aliphatic heterocycles. The number of rotatable bonds is 4. The van der Waals surface area contributed by atoms with Gasteiger partial charge in [-0.25, -0.2) is 4.98 Å². The third-order valence-electron chi connectivity index (χ3n) is 3.78. The molecule has 1 aliphatic rings. The highest BCUT2D eigenvalue weighted by Crippen LogP contribution is 2.22. The number of nitrogens with zero attached hydrogens (tertiary/aromatic N) is 3. The van der Waals surface area contributed by atoms with E-state index in [1.165, 1.54) is 0 Å². The molecule has 0 spiro atoms. The van der Waals surface area contributed by atoms with Gasteiger partial charge in [-0.2, -0.15) is 4.98 Å². The van der Waals surface area contributed by atoms with E-state index in [0.717, 1.165) is 31.0 Å². The molecule has 0 bridgehead atoms. The Kier molecular flexibility index (Phi) is 5.20. The van der Waals surface area contributed by atoms with Crippen molar-refractivity contribution in [2.24, 2.45) is 0 Å². The van der Waals surface area contributed by atoms with E-state index in [2.05, 4.69) is 27.1 Å². The van der Waals surface area contributed by atoms with Crippen LogP contribution in [0.3, 0.4) is 0 Å². The van der Waals surface area contributed by atoms with E-state index in [-0.39, 0.29) is 6.61 Å². The average molecular weight is 353 g/mol. The molecular formula is C16H18Cl2N4O. The SMILES string of the molecule is C[C@H]1CNCCN1c1ccnc(OCc2cc(Cl)ccc2Cl)n1. The molecule has 1 saturated heterocycles. The molecule has 2 aromatic rings. The van der Waals surface area contributed by atoms with E-state index in [0.29, 0.717) is 22.1 Å². The molecule has 1 fully saturated rings. The number of halogens is 2. The zero-order chi connectivity index (χ0) is 16.2. The van der Waals surface area contributed by atoms with Crippen LogP contribution in [-0.4, -0.2) is 35.6 Å². The van der Waals surface area contributed by atoms with Gasteiger partial charge in [-0.1, -0.05) is 23.2 Å². The molecule has 1 N–H and O–H groups in total. The number of hydrogen-bond donors (Lipinski definition) is 1. The summed E-state index contributed by atoms with van der Waals surface area (Å²) >= 11 is 12.1. The van der Waals surface area contributed by atoms with E-state index in [1.54, 1.807) is 24.4 Å². The van der Waals surface area contributed by atoms with Gasteiger partial charge in [0.1, 0.15) is 12.4 Å². The van der Waals surface area contributed by atoms with Crippen LogP contribution in [0.25, 0.3) is 0 Å². The second-order valence-corrected chi connectivity index (χ2v) is 6.31. The van der Waals surface area contributed by atoms with E-state index < -0.39 is 0 Å². The van der Waals surface area contributed by atoms with Gasteiger partial charge in [0.2, 0.25) is 0 Å². The van der Waals surface area contributed by atoms with Gasteiger partial charge in [0, 0.05) is 47.5 Å². The van der Waals surface area contributed by atoms with Gasteiger partial charge >= 0.3 is 6.01 Å². The lowest BCUT2D eigenvalue weighted by atomic mass is 10.2. The molecule has 1 aromatic heterocycles. The molecule has 5 nitrogen and oxygen atoms in total. The number of hydrogen-bond acceptors (Lipinski definition) is 5. The largest absolute Gasteiger partial charge is 0.458 e. The predicted octanol–water partition coefficient (Wildman–Crippen LogP) is 3.16. The Bertz CT molecular complexity index is 683. The summed E-state index contributed by atoms with van der Waals surface area (Å²) in [7, 11) is 0. The van der Waals surface area contributed by atoms with Crippen LogP contribution < -0.4 is 15.0 Å². The third-order valence-corrected chi connectivity index (χ3v) is 4.38. The minimum absolute atomic E-state index is 0.278. The fourth-order valence-electron chi connectivity index (χ4n) is 2.54. The molecule has 0 radical (unpaired) electrons. The van der Waals surface area contributed by atoms with Crippen LogP contribution in [0.2, 0.25) is 10.0 Å².